The number of phenolic OH excluding ortho intramolecular Hbond substituents is 1. The van der Waals surface area contributed by atoms with Gasteiger partial charge in [0.1, 0.15) is 0 Å². The maximum absolute atomic E-state index is 11.8. The van der Waals surface area contributed by atoms with E-state index in [4.69, 9.17) is 16.3 Å². The molecule has 0 aliphatic rings. The highest BCUT2D eigenvalue weighted by Crippen LogP contribution is 2.26. The van der Waals surface area contributed by atoms with Crippen LogP contribution in [0.25, 0.3) is 0 Å². The highest BCUT2D eigenvalue weighted by Gasteiger charge is 2.03. The van der Waals surface area contributed by atoms with E-state index in [-0.39, 0.29) is 17.4 Å². The minimum Gasteiger partial charge on any atom is -0.504 e. The van der Waals surface area contributed by atoms with Gasteiger partial charge < -0.3 is 9.84 Å². The van der Waals surface area contributed by atoms with E-state index in [1.54, 1.807) is 24.3 Å². The number of hydrogen-bond donors (Lipinski definition) is 2. The van der Waals surface area contributed by atoms with Crippen molar-refractivity contribution in [2.24, 2.45) is 5.10 Å². The Labute approximate surface area is 149 Å². The molecule has 0 spiro atoms. The molecule has 2 aromatic carbocycles. The maximum atomic E-state index is 11.8. The first-order valence-corrected chi connectivity index (χ1v) is 8.61. The first kappa shape index (κ1) is 18.2. The van der Waals surface area contributed by atoms with Gasteiger partial charge >= 0.3 is 0 Å². The number of phenols is 1. The van der Waals surface area contributed by atoms with E-state index in [2.05, 4.69) is 10.5 Å². The lowest BCUT2D eigenvalue weighted by Crippen LogP contribution is -2.19. The topological polar surface area (TPSA) is 70.9 Å². The second kappa shape index (κ2) is 9.20. The van der Waals surface area contributed by atoms with E-state index >= 15 is 0 Å². The normalized spacial score (nSPS) is 10.8. The Balaban J connectivity index is 1.83. The molecule has 1 amide bonds. The van der Waals surface area contributed by atoms with Crippen molar-refractivity contribution in [3.8, 4) is 11.5 Å². The minimum atomic E-state index is -0.213. The van der Waals surface area contributed by atoms with Crippen molar-refractivity contribution in [2.45, 2.75) is 11.8 Å². The van der Waals surface area contributed by atoms with E-state index in [1.807, 2.05) is 19.1 Å². The number of halogens is 1. The Bertz CT molecular complexity index is 720. The molecule has 126 valence electrons. The molecule has 0 aliphatic carbocycles. The molecule has 0 unspecified atom stereocenters. The van der Waals surface area contributed by atoms with Gasteiger partial charge in [0.2, 0.25) is 5.91 Å². The molecule has 24 heavy (non-hydrogen) atoms. The van der Waals surface area contributed by atoms with Gasteiger partial charge in [-0.05, 0) is 55.0 Å². The number of aromatic hydroxyl groups is 1. The molecule has 0 aliphatic heterocycles. The van der Waals surface area contributed by atoms with Crippen LogP contribution in [0.1, 0.15) is 12.5 Å². The van der Waals surface area contributed by atoms with Gasteiger partial charge in [0.05, 0.1) is 18.6 Å². The molecule has 2 rings (SSSR count). The molecule has 0 saturated heterocycles. The third-order valence-corrected chi connectivity index (χ3v) is 4.13. The van der Waals surface area contributed by atoms with Crippen LogP contribution in [0.5, 0.6) is 11.5 Å². The Morgan fingerprint density at radius 3 is 2.79 bits per heavy atom. The van der Waals surface area contributed by atoms with Crippen molar-refractivity contribution in [3.63, 3.8) is 0 Å². The molecule has 7 heteroatoms. The largest absolute Gasteiger partial charge is 0.504 e. The zero-order chi connectivity index (χ0) is 17.4. The second-order valence-corrected chi connectivity index (χ2v) is 6.18. The number of benzene rings is 2. The summed E-state index contributed by atoms with van der Waals surface area (Å²) in [5.74, 6) is 0.483. The molecule has 0 atom stereocenters. The van der Waals surface area contributed by atoms with Crippen molar-refractivity contribution in [2.75, 3.05) is 12.4 Å². The van der Waals surface area contributed by atoms with Gasteiger partial charge in [-0.3, -0.25) is 4.79 Å². The van der Waals surface area contributed by atoms with E-state index in [0.717, 1.165) is 4.90 Å². The molecular formula is C17H17ClN2O3S. The van der Waals surface area contributed by atoms with Crippen molar-refractivity contribution in [1.29, 1.82) is 0 Å². The van der Waals surface area contributed by atoms with E-state index in [0.29, 0.717) is 22.9 Å². The lowest BCUT2D eigenvalue weighted by atomic mass is 10.2. The number of nitrogens with zero attached hydrogens (tertiary/aromatic N) is 1. The Morgan fingerprint density at radius 1 is 1.33 bits per heavy atom. The Morgan fingerprint density at radius 2 is 2.08 bits per heavy atom. The van der Waals surface area contributed by atoms with Crippen LogP contribution in [0.4, 0.5) is 0 Å². The fourth-order valence-electron chi connectivity index (χ4n) is 1.77. The van der Waals surface area contributed by atoms with Gasteiger partial charge in [0.25, 0.3) is 0 Å². The predicted molar refractivity (Wildman–Crippen MR) is 97.2 cm³/mol. The number of ether oxygens (including phenoxy) is 1. The summed E-state index contributed by atoms with van der Waals surface area (Å²) < 4.78 is 5.29. The third kappa shape index (κ3) is 5.79. The van der Waals surface area contributed by atoms with Crippen molar-refractivity contribution in [1.82, 2.24) is 5.43 Å². The van der Waals surface area contributed by atoms with Crippen LogP contribution in [0.15, 0.2) is 52.5 Å². The lowest BCUT2D eigenvalue weighted by Gasteiger charge is -2.06. The Kier molecular flexibility index (Phi) is 6.96. The SMILES string of the molecule is CCOc1cc(/C=N/NC(=O)CSc2ccc(Cl)cc2)ccc1O. The van der Waals surface area contributed by atoms with Gasteiger partial charge in [-0.2, -0.15) is 5.10 Å². The standard InChI is InChI=1S/C17H17ClN2O3S/c1-2-23-16-9-12(3-8-15(16)21)10-19-20-17(22)11-24-14-6-4-13(18)5-7-14/h3-10,21H,2,11H2,1H3,(H,20,22)/b19-10+. The highest BCUT2D eigenvalue weighted by atomic mass is 35.5. The van der Waals surface area contributed by atoms with Crippen LogP contribution >= 0.6 is 23.4 Å². The smallest absolute Gasteiger partial charge is 0.250 e. The molecule has 5 nitrogen and oxygen atoms in total. The molecule has 0 heterocycles. The molecule has 2 aromatic rings. The minimum absolute atomic E-state index is 0.0670. The number of nitrogens with one attached hydrogen (secondary N) is 1. The molecule has 0 bridgehead atoms. The summed E-state index contributed by atoms with van der Waals surface area (Å²) in [4.78, 5) is 12.7. The first-order valence-electron chi connectivity index (χ1n) is 7.24. The van der Waals surface area contributed by atoms with Crippen LogP contribution in [-0.2, 0) is 4.79 Å². The van der Waals surface area contributed by atoms with Crippen LogP contribution in [0, 0.1) is 0 Å². The van der Waals surface area contributed by atoms with E-state index in [1.165, 1.54) is 24.0 Å². The number of rotatable bonds is 7. The summed E-state index contributed by atoms with van der Waals surface area (Å²) in [5, 5.41) is 14.2. The van der Waals surface area contributed by atoms with Gasteiger partial charge in [-0.25, -0.2) is 5.43 Å². The number of thioether (sulfide) groups is 1. The van der Waals surface area contributed by atoms with E-state index < -0.39 is 0 Å². The number of amides is 1. The number of hydrogen-bond acceptors (Lipinski definition) is 5. The summed E-state index contributed by atoms with van der Waals surface area (Å²) in [5.41, 5.74) is 3.17. The van der Waals surface area contributed by atoms with Gasteiger partial charge in [0, 0.05) is 9.92 Å². The quantitative estimate of drug-likeness (QED) is 0.446. The van der Waals surface area contributed by atoms with Crippen LogP contribution in [0.3, 0.4) is 0 Å². The highest BCUT2D eigenvalue weighted by molar-refractivity contribution is 8.00. The summed E-state index contributed by atoms with van der Waals surface area (Å²) >= 11 is 7.21. The summed E-state index contributed by atoms with van der Waals surface area (Å²) in [6.45, 7) is 2.28. The summed E-state index contributed by atoms with van der Waals surface area (Å²) in [6, 6.07) is 12.1. The first-order chi connectivity index (χ1) is 11.6. The van der Waals surface area contributed by atoms with Crippen LogP contribution < -0.4 is 10.2 Å². The van der Waals surface area contributed by atoms with Crippen LogP contribution in [0.2, 0.25) is 5.02 Å². The zero-order valence-corrected chi connectivity index (χ0v) is 14.6. The van der Waals surface area contributed by atoms with Gasteiger partial charge in [-0.1, -0.05) is 11.6 Å². The average molecular weight is 365 g/mol. The van der Waals surface area contributed by atoms with Gasteiger partial charge in [0.15, 0.2) is 11.5 Å². The van der Waals surface area contributed by atoms with Crippen LogP contribution in [-0.4, -0.2) is 29.6 Å². The van der Waals surface area contributed by atoms with Crippen molar-refractivity contribution < 1.29 is 14.6 Å². The molecule has 0 saturated carbocycles. The predicted octanol–water partition coefficient (Wildman–Crippen LogP) is 3.69. The summed E-state index contributed by atoms with van der Waals surface area (Å²) in [6.07, 6.45) is 1.49. The maximum Gasteiger partial charge on any atom is 0.250 e. The van der Waals surface area contributed by atoms with Crippen molar-refractivity contribution >= 4 is 35.5 Å². The molecule has 2 N–H and O–H groups in total. The molecular weight excluding hydrogens is 348 g/mol. The third-order valence-electron chi connectivity index (χ3n) is 2.87. The lowest BCUT2D eigenvalue weighted by molar-refractivity contribution is -0.118. The number of carbonyl (C=O) groups is 1. The van der Waals surface area contributed by atoms with Gasteiger partial charge in [-0.15, -0.1) is 11.8 Å². The fourth-order valence-corrected chi connectivity index (χ4v) is 2.59. The average Bonchev–Trinajstić information content (AvgIpc) is 2.57. The zero-order valence-electron chi connectivity index (χ0n) is 13.0. The monoisotopic (exact) mass is 364 g/mol. The Hall–Kier alpha value is -2.18. The molecule has 0 fully saturated rings. The molecule has 0 radical (unpaired) electrons. The second-order valence-electron chi connectivity index (χ2n) is 4.70. The number of carbonyl (C=O) groups excluding carboxylic acids is 1. The molecule has 0 aromatic heterocycles. The van der Waals surface area contributed by atoms with Crippen molar-refractivity contribution in [3.05, 3.63) is 53.1 Å². The van der Waals surface area contributed by atoms with E-state index in [9.17, 15) is 9.90 Å². The fraction of sp³-hybridized carbons (Fsp3) is 0.176. The summed E-state index contributed by atoms with van der Waals surface area (Å²) in [7, 11) is 0. The number of hydrazone groups is 1.